The molecule has 0 fully saturated rings. The van der Waals surface area contributed by atoms with Crippen molar-refractivity contribution in [1.29, 1.82) is 0 Å². The van der Waals surface area contributed by atoms with Crippen LogP contribution in [0.2, 0.25) is 0 Å². The lowest BCUT2D eigenvalue weighted by molar-refractivity contribution is -0.115. The Bertz CT molecular complexity index is 1160. The van der Waals surface area contributed by atoms with Gasteiger partial charge in [0, 0.05) is 16.8 Å². The molecular formula is C25H25N3O5. The molecule has 0 atom stereocenters. The second-order valence-corrected chi connectivity index (χ2v) is 7.21. The number of nitrogens with one attached hydrogen (secondary N) is 3. The first-order valence-electron chi connectivity index (χ1n) is 10.2. The molecule has 3 aromatic rings. The van der Waals surface area contributed by atoms with Gasteiger partial charge < -0.3 is 14.8 Å². The van der Waals surface area contributed by atoms with E-state index >= 15 is 0 Å². The topological polar surface area (TPSA) is 106 Å². The summed E-state index contributed by atoms with van der Waals surface area (Å²) in [6.45, 7) is 1.81. The van der Waals surface area contributed by atoms with E-state index in [0.717, 1.165) is 11.1 Å². The summed E-state index contributed by atoms with van der Waals surface area (Å²) in [5, 5.41) is 2.79. The predicted molar refractivity (Wildman–Crippen MR) is 124 cm³/mol. The fraction of sp³-hybridized carbons (Fsp3) is 0.160. The maximum atomic E-state index is 12.4. The molecule has 0 aliphatic heterocycles. The van der Waals surface area contributed by atoms with Crippen LogP contribution in [0.5, 0.6) is 11.5 Å². The van der Waals surface area contributed by atoms with Crippen LogP contribution in [-0.2, 0) is 11.2 Å². The minimum Gasteiger partial charge on any atom is -0.493 e. The molecule has 0 heterocycles. The first-order valence-corrected chi connectivity index (χ1v) is 10.2. The smallest absolute Gasteiger partial charge is 0.269 e. The Labute approximate surface area is 191 Å². The average Bonchev–Trinajstić information content (AvgIpc) is 2.82. The first kappa shape index (κ1) is 23.3. The van der Waals surface area contributed by atoms with Crippen LogP contribution in [0.25, 0.3) is 0 Å². The van der Waals surface area contributed by atoms with E-state index in [1.165, 1.54) is 7.11 Å². The summed E-state index contributed by atoms with van der Waals surface area (Å²) in [5.41, 5.74) is 7.72. The van der Waals surface area contributed by atoms with Gasteiger partial charge in [-0.1, -0.05) is 24.3 Å². The minimum atomic E-state index is -0.472. The molecule has 170 valence electrons. The Morgan fingerprint density at radius 2 is 1.45 bits per heavy atom. The van der Waals surface area contributed by atoms with E-state index in [1.807, 2.05) is 19.1 Å². The van der Waals surface area contributed by atoms with Gasteiger partial charge in [-0.25, -0.2) is 0 Å². The average molecular weight is 447 g/mol. The van der Waals surface area contributed by atoms with Gasteiger partial charge >= 0.3 is 0 Å². The number of amides is 3. The summed E-state index contributed by atoms with van der Waals surface area (Å²) in [6.07, 6.45) is 0.146. The molecule has 3 rings (SSSR count). The van der Waals surface area contributed by atoms with Crippen molar-refractivity contribution < 1.29 is 23.9 Å². The molecule has 0 aromatic heterocycles. The molecule has 0 aliphatic rings. The van der Waals surface area contributed by atoms with Gasteiger partial charge in [-0.2, -0.15) is 0 Å². The lowest BCUT2D eigenvalue weighted by Crippen LogP contribution is -2.41. The number of anilines is 1. The highest BCUT2D eigenvalue weighted by Gasteiger charge is 2.12. The molecule has 0 aliphatic carbocycles. The quantitative estimate of drug-likeness (QED) is 0.482. The molecule has 3 aromatic carbocycles. The minimum absolute atomic E-state index is 0.146. The summed E-state index contributed by atoms with van der Waals surface area (Å²) < 4.78 is 10.5. The lowest BCUT2D eigenvalue weighted by Gasteiger charge is -2.11. The van der Waals surface area contributed by atoms with E-state index in [2.05, 4.69) is 16.2 Å². The van der Waals surface area contributed by atoms with E-state index in [-0.39, 0.29) is 12.3 Å². The maximum absolute atomic E-state index is 12.4. The molecule has 0 radical (unpaired) electrons. The second-order valence-electron chi connectivity index (χ2n) is 7.21. The van der Waals surface area contributed by atoms with Crippen molar-refractivity contribution >= 4 is 23.4 Å². The molecule has 0 unspecified atom stereocenters. The van der Waals surface area contributed by atoms with Crippen molar-refractivity contribution in [1.82, 2.24) is 10.9 Å². The number of hydrogen-bond acceptors (Lipinski definition) is 5. The number of aryl methyl sites for hydroxylation is 1. The Morgan fingerprint density at radius 1 is 0.788 bits per heavy atom. The normalized spacial score (nSPS) is 10.2. The number of carbonyl (C=O) groups excluding carboxylic acids is 3. The highest BCUT2D eigenvalue weighted by molar-refractivity contribution is 6.00. The number of carbonyl (C=O) groups is 3. The molecule has 3 N–H and O–H groups in total. The number of methoxy groups -OCH3 is 2. The second kappa shape index (κ2) is 10.8. The number of benzene rings is 3. The van der Waals surface area contributed by atoms with Crippen LogP contribution >= 0.6 is 0 Å². The molecule has 0 spiro atoms. The zero-order valence-corrected chi connectivity index (χ0v) is 18.6. The monoisotopic (exact) mass is 447 g/mol. The van der Waals surface area contributed by atoms with Gasteiger partial charge in [-0.15, -0.1) is 0 Å². The summed E-state index contributed by atoms with van der Waals surface area (Å²) in [6, 6.07) is 18.7. The van der Waals surface area contributed by atoms with Crippen molar-refractivity contribution in [3.8, 4) is 11.5 Å². The molecule has 0 saturated heterocycles. The predicted octanol–water partition coefficient (Wildman–Crippen LogP) is 3.27. The van der Waals surface area contributed by atoms with Crippen LogP contribution in [0.1, 0.15) is 31.8 Å². The third kappa shape index (κ3) is 6.10. The van der Waals surface area contributed by atoms with Crippen LogP contribution in [0, 0.1) is 6.92 Å². The van der Waals surface area contributed by atoms with Crippen LogP contribution in [0.15, 0.2) is 66.7 Å². The van der Waals surface area contributed by atoms with E-state index in [4.69, 9.17) is 9.47 Å². The number of hydrazine groups is 1. The van der Waals surface area contributed by atoms with Crippen LogP contribution < -0.4 is 25.6 Å². The van der Waals surface area contributed by atoms with Gasteiger partial charge in [-0.05, 0) is 60.5 Å². The fourth-order valence-corrected chi connectivity index (χ4v) is 3.17. The van der Waals surface area contributed by atoms with Crippen LogP contribution in [-0.4, -0.2) is 31.9 Å². The van der Waals surface area contributed by atoms with Gasteiger partial charge in [0.05, 0.1) is 20.6 Å². The molecule has 0 bridgehead atoms. The van der Waals surface area contributed by atoms with E-state index < -0.39 is 11.8 Å². The van der Waals surface area contributed by atoms with Gasteiger partial charge in [0.25, 0.3) is 11.8 Å². The van der Waals surface area contributed by atoms with Crippen LogP contribution in [0.4, 0.5) is 5.69 Å². The standard InChI is InChI=1S/C25H25N3O5/c1-16-6-4-5-7-20(16)25(31)28-27-24(30)18-9-11-19(12-10-18)26-23(29)15-17-8-13-21(32-2)22(14-17)33-3/h4-14H,15H2,1-3H3,(H,26,29)(H,27,30)(H,28,31). The summed E-state index contributed by atoms with van der Waals surface area (Å²) >= 11 is 0. The van der Waals surface area contributed by atoms with Crippen molar-refractivity contribution in [2.45, 2.75) is 13.3 Å². The van der Waals surface area contributed by atoms with Gasteiger partial charge in [0.2, 0.25) is 5.91 Å². The molecular weight excluding hydrogens is 422 g/mol. The van der Waals surface area contributed by atoms with Crippen molar-refractivity contribution in [2.24, 2.45) is 0 Å². The lowest BCUT2D eigenvalue weighted by atomic mass is 10.1. The Kier molecular flexibility index (Phi) is 7.64. The van der Waals surface area contributed by atoms with E-state index in [0.29, 0.717) is 28.3 Å². The van der Waals surface area contributed by atoms with Crippen molar-refractivity contribution in [3.63, 3.8) is 0 Å². The molecule has 33 heavy (non-hydrogen) atoms. The first-order chi connectivity index (χ1) is 15.9. The molecule has 8 heteroatoms. The Morgan fingerprint density at radius 3 is 2.12 bits per heavy atom. The third-order valence-electron chi connectivity index (χ3n) is 4.92. The molecule has 3 amide bonds. The van der Waals surface area contributed by atoms with Crippen molar-refractivity contribution in [2.75, 3.05) is 19.5 Å². The summed E-state index contributed by atoms with van der Waals surface area (Å²) in [7, 11) is 3.08. The summed E-state index contributed by atoms with van der Waals surface area (Å²) in [4.78, 5) is 36.9. The van der Waals surface area contributed by atoms with Gasteiger partial charge in [0.15, 0.2) is 11.5 Å². The van der Waals surface area contributed by atoms with Gasteiger partial charge in [0.1, 0.15) is 0 Å². The Hall–Kier alpha value is -4.33. The largest absolute Gasteiger partial charge is 0.493 e. The van der Waals surface area contributed by atoms with E-state index in [1.54, 1.807) is 61.7 Å². The molecule has 0 saturated carbocycles. The zero-order chi connectivity index (χ0) is 23.8. The highest BCUT2D eigenvalue weighted by atomic mass is 16.5. The highest BCUT2D eigenvalue weighted by Crippen LogP contribution is 2.27. The number of ether oxygens (including phenoxy) is 2. The van der Waals surface area contributed by atoms with Crippen molar-refractivity contribution in [3.05, 3.63) is 89.0 Å². The number of rotatable bonds is 7. The molecule has 8 nitrogen and oxygen atoms in total. The Balaban J connectivity index is 1.54. The maximum Gasteiger partial charge on any atom is 0.269 e. The van der Waals surface area contributed by atoms with Crippen LogP contribution in [0.3, 0.4) is 0 Å². The SMILES string of the molecule is COc1ccc(CC(=O)Nc2ccc(C(=O)NNC(=O)c3ccccc3C)cc2)cc1OC. The third-order valence-corrected chi connectivity index (χ3v) is 4.92. The fourth-order valence-electron chi connectivity index (χ4n) is 3.17. The summed E-state index contributed by atoms with van der Waals surface area (Å²) in [5.74, 6) is 0.0452. The zero-order valence-electron chi connectivity index (χ0n) is 18.6. The van der Waals surface area contributed by atoms with Gasteiger partial charge in [-0.3, -0.25) is 25.2 Å². The van der Waals surface area contributed by atoms with E-state index in [9.17, 15) is 14.4 Å². The number of hydrogen-bond donors (Lipinski definition) is 3.